The first-order chi connectivity index (χ1) is 20.7. The van der Waals surface area contributed by atoms with Crippen molar-refractivity contribution in [1.82, 2.24) is 19.9 Å². The zero-order valence-corrected chi connectivity index (χ0v) is 23.3. The van der Waals surface area contributed by atoms with Gasteiger partial charge in [0.2, 0.25) is 0 Å². The molecule has 1 amide bonds. The van der Waals surface area contributed by atoms with Crippen molar-refractivity contribution in [2.45, 2.75) is 37.1 Å². The molecular formula is C35H32N4O3. The molecule has 7 heteroatoms. The van der Waals surface area contributed by atoms with Crippen LogP contribution in [0.2, 0.25) is 0 Å². The Balaban J connectivity index is 1.24. The van der Waals surface area contributed by atoms with Crippen LogP contribution in [0.25, 0.3) is 11.3 Å². The first kappa shape index (κ1) is 26.2. The van der Waals surface area contributed by atoms with E-state index in [1.807, 2.05) is 82.4 Å². The molecule has 0 bridgehead atoms. The van der Waals surface area contributed by atoms with Gasteiger partial charge >= 0.3 is 6.09 Å². The molecule has 42 heavy (non-hydrogen) atoms. The van der Waals surface area contributed by atoms with E-state index in [1.54, 1.807) is 0 Å². The summed E-state index contributed by atoms with van der Waals surface area (Å²) in [6.07, 6.45) is 0.802. The standard InChI is InChI=1S/C35H32N4O3/c40-34-38-23-13-22-30-33(26-14-5-1-6-15-26)36-37-39(30)24-31(38)32(42-34)25-41-35(27-16-7-2-8-17-27,28-18-9-3-10-19-28)29-20-11-4-12-21-29/h1-12,14-21,31-32H,13,22-25H2/t31-,32-/m1/s1. The van der Waals surface area contributed by atoms with Crippen molar-refractivity contribution in [2.75, 3.05) is 13.2 Å². The van der Waals surface area contributed by atoms with Crippen LogP contribution in [0.3, 0.4) is 0 Å². The monoisotopic (exact) mass is 556 g/mol. The molecule has 4 aromatic carbocycles. The molecule has 7 nitrogen and oxygen atoms in total. The van der Waals surface area contributed by atoms with E-state index in [0.717, 1.165) is 46.5 Å². The number of nitrogens with zero attached hydrogens (tertiary/aromatic N) is 4. The Labute approximate surface area is 245 Å². The summed E-state index contributed by atoms with van der Waals surface area (Å²) in [6.45, 7) is 1.31. The number of ether oxygens (including phenoxy) is 2. The van der Waals surface area contributed by atoms with E-state index in [4.69, 9.17) is 9.47 Å². The lowest BCUT2D eigenvalue weighted by molar-refractivity contribution is -0.0393. The highest BCUT2D eigenvalue weighted by atomic mass is 16.6. The molecule has 0 saturated carbocycles. The van der Waals surface area contributed by atoms with Gasteiger partial charge in [-0.1, -0.05) is 127 Å². The summed E-state index contributed by atoms with van der Waals surface area (Å²) in [6, 6.07) is 40.7. The highest BCUT2D eigenvalue weighted by molar-refractivity contribution is 5.71. The van der Waals surface area contributed by atoms with Crippen molar-refractivity contribution >= 4 is 6.09 Å². The third-order valence-corrected chi connectivity index (χ3v) is 8.38. The second-order valence-corrected chi connectivity index (χ2v) is 10.8. The second-order valence-electron chi connectivity index (χ2n) is 10.8. The highest BCUT2D eigenvalue weighted by Crippen LogP contribution is 2.41. The van der Waals surface area contributed by atoms with Gasteiger partial charge in [-0.3, -0.25) is 4.90 Å². The second kappa shape index (κ2) is 11.3. The van der Waals surface area contributed by atoms with Crippen LogP contribution in [-0.4, -0.2) is 51.3 Å². The number of aromatic nitrogens is 3. The molecule has 0 aliphatic carbocycles. The molecule has 1 aromatic heterocycles. The number of rotatable bonds is 7. The summed E-state index contributed by atoms with van der Waals surface area (Å²) in [4.78, 5) is 15.0. The van der Waals surface area contributed by atoms with E-state index in [2.05, 4.69) is 58.8 Å². The minimum absolute atomic E-state index is 0.209. The molecule has 1 fully saturated rings. The Hall–Kier alpha value is -4.75. The minimum Gasteiger partial charge on any atom is -0.441 e. The molecule has 0 radical (unpaired) electrons. The zero-order chi connectivity index (χ0) is 28.4. The maximum atomic E-state index is 13.2. The van der Waals surface area contributed by atoms with E-state index >= 15 is 0 Å². The van der Waals surface area contributed by atoms with Crippen LogP contribution in [-0.2, 0) is 28.0 Å². The van der Waals surface area contributed by atoms with Gasteiger partial charge in [0.1, 0.15) is 17.4 Å². The van der Waals surface area contributed by atoms with Crippen LogP contribution >= 0.6 is 0 Å². The van der Waals surface area contributed by atoms with Crippen LogP contribution in [0.5, 0.6) is 0 Å². The van der Waals surface area contributed by atoms with Gasteiger partial charge < -0.3 is 9.47 Å². The van der Waals surface area contributed by atoms with Gasteiger partial charge in [-0.05, 0) is 29.5 Å². The van der Waals surface area contributed by atoms with Crippen molar-refractivity contribution in [1.29, 1.82) is 0 Å². The molecule has 7 rings (SSSR count). The molecule has 5 aromatic rings. The summed E-state index contributed by atoms with van der Waals surface area (Å²) >= 11 is 0. The fourth-order valence-electron chi connectivity index (χ4n) is 6.35. The van der Waals surface area contributed by atoms with E-state index in [1.165, 1.54) is 0 Å². The Kier molecular flexibility index (Phi) is 7.01. The molecule has 3 heterocycles. The quantitative estimate of drug-likeness (QED) is 0.227. The topological polar surface area (TPSA) is 69.5 Å². The minimum atomic E-state index is -0.899. The molecule has 2 aliphatic heterocycles. The van der Waals surface area contributed by atoms with Crippen molar-refractivity contribution in [3.05, 3.63) is 144 Å². The molecule has 1 saturated heterocycles. The maximum Gasteiger partial charge on any atom is 0.410 e. The molecule has 2 atom stereocenters. The van der Waals surface area contributed by atoms with Crippen LogP contribution in [0.15, 0.2) is 121 Å². The summed E-state index contributed by atoms with van der Waals surface area (Å²) in [7, 11) is 0. The van der Waals surface area contributed by atoms with Gasteiger partial charge in [0.05, 0.1) is 24.9 Å². The molecule has 2 aliphatic rings. The number of cyclic esters (lactones) is 1. The number of benzene rings is 4. The molecule has 210 valence electrons. The third-order valence-electron chi connectivity index (χ3n) is 8.38. The third kappa shape index (κ3) is 4.65. The fourth-order valence-corrected chi connectivity index (χ4v) is 6.35. The van der Waals surface area contributed by atoms with Crippen molar-refractivity contribution in [2.24, 2.45) is 0 Å². The first-order valence-electron chi connectivity index (χ1n) is 14.5. The number of hydrogen-bond donors (Lipinski definition) is 0. The Morgan fingerprint density at radius 3 is 1.90 bits per heavy atom. The lowest BCUT2D eigenvalue weighted by Crippen LogP contribution is -2.45. The van der Waals surface area contributed by atoms with Crippen LogP contribution < -0.4 is 0 Å². The summed E-state index contributed by atoms with van der Waals surface area (Å²) in [5, 5.41) is 9.09. The maximum absolute atomic E-state index is 13.2. The van der Waals surface area contributed by atoms with Gasteiger partial charge in [0.25, 0.3) is 0 Å². The summed E-state index contributed by atoms with van der Waals surface area (Å²) in [5.41, 5.74) is 5.16. The summed E-state index contributed by atoms with van der Waals surface area (Å²) < 4.78 is 15.0. The highest BCUT2D eigenvalue weighted by Gasteiger charge is 2.46. The van der Waals surface area contributed by atoms with E-state index in [0.29, 0.717) is 13.1 Å². The van der Waals surface area contributed by atoms with E-state index in [9.17, 15) is 4.79 Å². The number of hydrogen-bond acceptors (Lipinski definition) is 5. The van der Waals surface area contributed by atoms with Crippen molar-refractivity contribution in [3.63, 3.8) is 0 Å². The average molecular weight is 557 g/mol. The normalized spacial score (nSPS) is 18.5. The lowest BCUT2D eigenvalue weighted by atomic mass is 9.80. The molecule has 0 unspecified atom stereocenters. The molecule has 0 spiro atoms. The Bertz CT molecular complexity index is 1540. The lowest BCUT2D eigenvalue weighted by Gasteiger charge is -2.37. The van der Waals surface area contributed by atoms with Gasteiger partial charge in [0.15, 0.2) is 0 Å². The van der Waals surface area contributed by atoms with E-state index < -0.39 is 11.7 Å². The Morgan fingerprint density at radius 2 is 1.33 bits per heavy atom. The summed E-state index contributed by atoms with van der Waals surface area (Å²) in [5.74, 6) is 0. The number of carbonyl (C=O) groups is 1. The first-order valence-corrected chi connectivity index (χ1v) is 14.5. The van der Waals surface area contributed by atoms with Gasteiger partial charge in [-0.25, -0.2) is 9.48 Å². The predicted octanol–water partition coefficient (Wildman–Crippen LogP) is 6.09. The fraction of sp³-hybridized carbons (Fsp3) is 0.229. The number of carbonyl (C=O) groups excluding carboxylic acids is 1. The van der Waals surface area contributed by atoms with Crippen molar-refractivity contribution in [3.8, 4) is 11.3 Å². The average Bonchev–Trinajstić information content (AvgIpc) is 3.57. The van der Waals surface area contributed by atoms with Crippen LogP contribution in [0.4, 0.5) is 4.79 Å². The van der Waals surface area contributed by atoms with Gasteiger partial charge in [-0.2, -0.15) is 0 Å². The van der Waals surface area contributed by atoms with Crippen molar-refractivity contribution < 1.29 is 14.3 Å². The SMILES string of the molecule is O=C1O[C@H](COC(c2ccccc2)(c2ccccc2)c2ccccc2)[C@H]2Cn3nnc(-c4ccccc4)c3CCCN12. The Morgan fingerprint density at radius 1 is 0.786 bits per heavy atom. The van der Waals surface area contributed by atoms with Gasteiger partial charge in [0, 0.05) is 12.1 Å². The zero-order valence-electron chi connectivity index (χ0n) is 23.3. The number of amides is 1. The molecule has 0 N–H and O–H groups in total. The van der Waals surface area contributed by atoms with Crippen LogP contribution in [0, 0.1) is 0 Å². The van der Waals surface area contributed by atoms with Crippen LogP contribution in [0.1, 0.15) is 28.8 Å². The smallest absolute Gasteiger partial charge is 0.410 e. The van der Waals surface area contributed by atoms with Gasteiger partial charge in [-0.15, -0.1) is 5.10 Å². The van der Waals surface area contributed by atoms with E-state index in [-0.39, 0.29) is 18.7 Å². The predicted molar refractivity (Wildman–Crippen MR) is 160 cm³/mol. The largest absolute Gasteiger partial charge is 0.441 e. The number of fused-ring (bicyclic) bond motifs is 2. The molecular weight excluding hydrogens is 524 g/mol.